The van der Waals surface area contributed by atoms with Crippen molar-refractivity contribution in [3.05, 3.63) is 0 Å². The lowest BCUT2D eigenvalue weighted by atomic mass is 10.0. The summed E-state index contributed by atoms with van der Waals surface area (Å²) in [6.07, 6.45) is 2.24. The normalized spacial score (nSPS) is 14.3. The molecule has 0 aromatic heterocycles. The fourth-order valence-electron chi connectivity index (χ4n) is 0.863. The zero-order valence-corrected chi connectivity index (χ0v) is 7.82. The van der Waals surface area contributed by atoms with Crippen LogP contribution in [0.4, 0.5) is 0 Å². The molecule has 0 rings (SSSR count). The molecule has 0 aromatic rings. The largest absolute Gasteiger partial charge is 0.328 e. The highest BCUT2D eigenvalue weighted by Gasteiger charge is 2.02. The van der Waals surface area contributed by atoms with Crippen LogP contribution in [0.2, 0.25) is 0 Å². The Bertz CT molecular complexity index is 63.9. The number of alkyl halides is 1. The molecule has 1 nitrogen and oxygen atoms in total. The van der Waals surface area contributed by atoms with E-state index in [1.54, 1.807) is 0 Å². The molecule has 0 aliphatic carbocycles. The van der Waals surface area contributed by atoms with E-state index in [-0.39, 0.29) is 0 Å². The molecular formula is C7H16BrN. The fourth-order valence-corrected chi connectivity index (χ4v) is 1.45. The van der Waals surface area contributed by atoms with Crippen LogP contribution in [-0.2, 0) is 0 Å². The number of hydrogen-bond acceptors (Lipinski definition) is 1. The maximum absolute atomic E-state index is 5.76. The predicted octanol–water partition coefficient (Wildman–Crippen LogP) is 2.14. The van der Waals surface area contributed by atoms with Crippen molar-refractivity contribution >= 4 is 15.9 Å². The molecule has 0 bridgehead atoms. The van der Waals surface area contributed by atoms with E-state index in [2.05, 4.69) is 29.8 Å². The predicted molar refractivity (Wildman–Crippen MR) is 45.8 cm³/mol. The lowest BCUT2D eigenvalue weighted by molar-refractivity contribution is 0.489. The second kappa shape index (κ2) is 5.24. The highest BCUT2D eigenvalue weighted by atomic mass is 79.9. The van der Waals surface area contributed by atoms with Gasteiger partial charge in [0.2, 0.25) is 0 Å². The maximum atomic E-state index is 5.76. The average Bonchev–Trinajstić information content (AvgIpc) is 1.63. The van der Waals surface area contributed by atoms with Gasteiger partial charge < -0.3 is 5.73 Å². The van der Waals surface area contributed by atoms with Crippen molar-refractivity contribution in [3.63, 3.8) is 0 Å². The summed E-state index contributed by atoms with van der Waals surface area (Å²) in [5.41, 5.74) is 5.76. The Morgan fingerprint density at radius 3 is 2.33 bits per heavy atom. The van der Waals surface area contributed by atoms with Crippen LogP contribution in [0.1, 0.15) is 26.7 Å². The summed E-state index contributed by atoms with van der Waals surface area (Å²) in [5.74, 6) is 0.735. The molecule has 2 N–H and O–H groups in total. The number of halogens is 1. The van der Waals surface area contributed by atoms with Gasteiger partial charge in [0.1, 0.15) is 0 Å². The van der Waals surface area contributed by atoms with Crippen molar-refractivity contribution in [2.45, 2.75) is 32.7 Å². The highest BCUT2D eigenvalue weighted by Crippen LogP contribution is 2.06. The first kappa shape index (κ1) is 9.44. The van der Waals surface area contributed by atoms with E-state index < -0.39 is 0 Å². The Balaban J connectivity index is 3.15. The van der Waals surface area contributed by atoms with Gasteiger partial charge in [-0.25, -0.2) is 0 Å². The smallest absolute Gasteiger partial charge is 0.00492 e. The van der Waals surface area contributed by atoms with Gasteiger partial charge in [-0.3, -0.25) is 0 Å². The van der Waals surface area contributed by atoms with E-state index in [1.807, 2.05) is 0 Å². The van der Waals surface area contributed by atoms with Crippen LogP contribution in [0.3, 0.4) is 0 Å². The van der Waals surface area contributed by atoms with Crippen molar-refractivity contribution in [2.75, 3.05) is 5.33 Å². The van der Waals surface area contributed by atoms with E-state index >= 15 is 0 Å². The summed E-state index contributed by atoms with van der Waals surface area (Å²) in [6, 6.07) is 0.393. The maximum Gasteiger partial charge on any atom is 0.00492 e. The quantitative estimate of drug-likeness (QED) is 0.681. The minimum Gasteiger partial charge on any atom is -0.328 e. The van der Waals surface area contributed by atoms with Crippen molar-refractivity contribution in [3.8, 4) is 0 Å². The van der Waals surface area contributed by atoms with Crippen LogP contribution in [-0.4, -0.2) is 11.4 Å². The van der Waals surface area contributed by atoms with E-state index in [9.17, 15) is 0 Å². The molecule has 0 aromatic carbocycles. The van der Waals surface area contributed by atoms with Gasteiger partial charge in [0.25, 0.3) is 0 Å². The van der Waals surface area contributed by atoms with Crippen molar-refractivity contribution in [1.29, 1.82) is 0 Å². The second-order valence-electron chi connectivity index (χ2n) is 2.87. The van der Waals surface area contributed by atoms with Crippen LogP contribution < -0.4 is 5.73 Å². The lowest BCUT2D eigenvalue weighted by Crippen LogP contribution is -2.22. The van der Waals surface area contributed by atoms with Crippen molar-refractivity contribution in [1.82, 2.24) is 0 Å². The van der Waals surface area contributed by atoms with E-state index in [4.69, 9.17) is 5.73 Å². The molecule has 0 aliphatic rings. The van der Waals surface area contributed by atoms with Crippen LogP contribution in [0.25, 0.3) is 0 Å². The zero-order chi connectivity index (χ0) is 7.28. The van der Waals surface area contributed by atoms with Gasteiger partial charge in [-0.2, -0.15) is 0 Å². The third kappa shape index (κ3) is 6.32. The fraction of sp³-hybridized carbons (Fsp3) is 1.00. The van der Waals surface area contributed by atoms with Crippen molar-refractivity contribution in [2.24, 2.45) is 11.7 Å². The van der Waals surface area contributed by atoms with Gasteiger partial charge in [-0.05, 0) is 18.8 Å². The second-order valence-corrected chi connectivity index (χ2v) is 3.66. The third-order valence-corrected chi connectivity index (χ3v) is 1.71. The van der Waals surface area contributed by atoms with Crippen molar-refractivity contribution < 1.29 is 0 Å². The topological polar surface area (TPSA) is 26.0 Å². The van der Waals surface area contributed by atoms with Crippen LogP contribution in [0.5, 0.6) is 0 Å². The molecule has 0 amide bonds. The molecule has 2 heteroatoms. The Labute approximate surface area is 66.1 Å². The minimum absolute atomic E-state index is 0.393. The Kier molecular flexibility index (Phi) is 5.50. The molecular weight excluding hydrogens is 178 g/mol. The van der Waals surface area contributed by atoms with E-state index in [0.29, 0.717) is 6.04 Å². The van der Waals surface area contributed by atoms with E-state index in [0.717, 1.165) is 24.1 Å². The number of nitrogens with two attached hydrogens (primary N) is 1. The average molecular weight is 194 g/mol. The lowest BCUT2D eigenvalue weighted by Gasteiger charge is -2.11. The van der Waals surface area contributed by atoms with Crippen LogP contribution in [0, 0.1) is 5.92 Å². The number of hydrogen-bond donors (Lipinski definition) is 1. The first-order valence-corrected chi connectivity index (χ1v) is 4.60. The van der Waals surface area contributed by atoms with Gasteiger partial charge >= 0.3 is 0 Å². The van der Waals surface area contributed by atoms with Crippen LogP contribution >= 0.6 is 15.9 Å². The summed E-state index contributed by atoms with van der Waals surface area (Å²) < 4.78 is 0. The van der Waals surface area contributed by atoms with Gasteiger partial charge in [-0.1, -0.05) is 29.8 Å². The summed E-state index contributed by atoms with van der Waals surface area (Å²) >= 11 is 3.36. The molecule has 0 saturated carbocycles. The molecule has 0 fully saturated rings. The molecule has 0 spiro atoms. The highest BCUT2D eigenvalue weighted by molar-refractivity contribution is 9.09. The first-order chi connectivity index (χ1) is 4.16. The molecule has 0 radical (unpaired) electrons. The summed E-state index contributed by atoms with van der Waals surface area (Å²) in [5, 5.41) is 1.03. The zero-order valence-electron chi connectivity index (χ0n) is 6.23. The van der Waals surface area contributed by atoms with Gasteiger partial charge in [0.05, 0.1) is 0 Å². The molecule has 56 valence electrons. The minimum atomic E-state index is 0.393. The standard InChI is InChI=1S/C7H16BrN/c1-6(2)5-7(9)3-4-8/h6-7H,3-5,9H2,1-2H3/t7-/m1/s1. The molecule has 9 heavy (non-hydrogen) atoms. The molecule has 0 unspecified atom stereocenters. The Hall–Kier alpha value is 0.440. The Morgan fingerprint density at radius 1 is 1.44 bits per heavy atom. The summed E-state index contributed by atoms with van der Waals surface area (Å²) in [6.45, 7) is 4.40. The Morgan fingerprint density at radius 2 is 2.00 bits per heavy atom. The van der Waals surface area contributed by atoms with Gasteiger partial charge in [0.15, 0.2) is 0 Å². The SMILES string of the molecule is CC(C)C[C@H](N)CCBr. The summed E-state index contributed by atoms with van der Waals surface area (Å²) in [7, 11) is 0. The first-order valence-electron chi connectivity index (χ1n) is 3.48. The molecule has 0 heterocycles. The van der Waals surface area contributed by atoms with Gasteiger partial charge in [-0.15, -0.1) is 0 Å². The molecule has 0 aliphatic heterocycles. The summed E-state index contributed by atoms with van der Waals surface area (Å²) in [4.78, 5) is 0. The van der Waals surface area contributed by atoms with E-state index in [1.165, 1.54) is 0 Å². The third-order valence-electron chi connectivity index (χ3n) is 1.25. The molecule has 0 saturated heterocycles. The monoisotopic (exact) mass is 193 g/mol. The van der Waals surface area contributed by atoms with Gasteiger partial charge in [0, 0.05) is 11.4 Å². The van der Waals surface area contributed by atoms with Crippen LogP contribution in [0.15, 0.2) is 0 Å². The number of rotatable bonds is 4. The molecule has 1 atom stereocenters.